The van der Waals surface area contributed by atoms with Crippen LogP contribution in [-0.2, 0) is 4.74 Å². The van der Waals surface area contributed by atoms with Crippen molar-refractivity contribution in [3.05, 3.63) is 35.1 Å². The number of rotatable bonds is 1. The van der Waals surface area contributed by atoms with Crippen LogP contribution in [0.1, 0.15) is 29.8 Å². The van der Waals surface area contributed by atoms with Gasteiger partial charge in [-0.3, -0.25) is 4.79 Å². The molecule has 100 valence electrons. The first-order valence-electron chi connectivity index (χ1n) is 6.31. The van der Waals surface area contributed by atoms with Crippen LogP contribution in [0, 0.1) is 12.7 Å². The fourth-order valence-corrected chi connectivity index (χ4v) is 1.81. The van der Waals surface area contributed by atoms with Gasteiger partial charge in [0.25, 0.3) is 5.91 Å². The average Bonchev–Trinajstić information content (AvgIpc) is 2.40. The summed E-state index contributed by atoms with van der Waals surface area (Å²) >= 11 is 0. The monoisotopic (exact) mass is 253 g/mol. The molecule has 1 aliphatic rings. The summed E-state index contributed by atoms with van der Waals surface area (Å²) in [7, 11) is 0. The minimum Gasteiger partial charge on any atom is -0.378 e. The highest BCUT2D eigenvalue weighted by Gasteiger charge is 2.18. The molecule has 1 aliphatic heterocycles. The lowest BCUT2D eigenvalue weighted by Gasteiger charge is -2.26. The topological polar surface area (TPSA) is 29.5 Å². The number of aryl methyl sites for hydroxylation is 1. The third kappa shape index (κ3) is 3.81. The highest BCUT2D eigenvalue weighted by molar-refractivity contribution is 5.94. The number of hydrogen-bond acceptors (Lipinski definition) is 2. The Labute approximate surface area is 108 Å². The number of halogens is 1. The fraction of sp³-hybridized carbons (Fsp3) is 0.500. The molecule has 1 fully saturated rings. The highest BCUT2D eigenvalue weighted by atomic mass is 19.1. The van der Waals surface area contributed by atoms with E-state index in [1.54, 1.807) is 17.9 Å². The van der Waals surface area contributed by atoms with Gasteiger partial charge < -0.3 is 9.64 Å². The van der Waals surface area contributed by atoms with Gasteiger partial charge in [0.2, 0.25) is 0 Å². The Morgan fingerprint density at radius 1 is 1.22 bits per heavy atom. The lowest BCUT2D eigenvalue weighted by molar-refractivity contribution is 0.0302. The number of nitrogens with zero attached hydrogens (tertiary/aromatic N) is 1. The highest BCUT2D eigenvalue weighted by Crippen LogP contribution is 2.12. The minimum atomic E-state index is -0.364. The molecule has 0 aliphatic carbocycles. The van der Waals surface area contributed by atoms with Gasteiger partial charge in [-0.1, -0.05) is 13.8 Å². The summed E-state index contributed by atoms with van der Waals surface area (Å²) in [5.41, 5.74) is 1.18. The Balaban J connectivity index is 0.000000771. The van der Waals surface area contributed by atoms with Crippen molar-refractivity contribution in [2.24, 2.45) is 0 Å². The molecule has 0 spiro atoms. The molecular weight excluding hydrogens is 233 g/mol. The van der Waals surface area contributed by atoms with Crippen LogP contribution >= 0.6 is 0 Å². The van der Waals surface area contributed by atoms with Gasteiger partial charge >= 0.3 is 0 Å². The number of carbonyl (C=O) groups is 1. The molecule has 3 nitrogen and oxygen atoms in total. The SMILES string of the molecule is CC.Cc1cc(F)cc(C(=O)N2CCOCC2)c1. The normalized spacial score (nSPS) is 14.8. The second kappa shape index (κ2) is 7.11. The van der Waals surface area contributed by atoms with E-state index in [0.717, 1.165) is 5.56 Å². The third-order valence-corrected chi connectivity index (χ3v) is 2.59. The number of carbonyl (C=O) groups excluding carboxylic acids is 1. The van der Waals surface area contributed by atoms with E-state index in [0.29, 0.717) is 31.9 Å². The van der Waals surface area contributed by atoms with Gasteiger partial charge in [-0.2, -0.15) is 0 Å². The van der Waals surface area contributed by atoms with Crippen molar-refractivity contribution in [3.63, 3.8) is 0 Å². The summed E-state index contributed by atoms with van der Waals surface area (Å²) in [4.78, 5) is 13.7. The predicted molar refractivity (Wildman–Crippen MR) is 69.2 cm³/mol. The standard InChI is InChI=1S/C12H14FNO2.C2H6/c1-9-6-10(8-11(13)7-9)12(15)14-2-4-16-5-3-14;1-2/h6-8H,2-5H2,1H3;1-2H3. The lowest BCUT2D eigenvalue weighted by Crippen LogP contribution is -2.40. The first-order chi connectivity index (χ1) is 8.66. The Morgan fingerprint density at radius 2 is 1.83 bits per heavy atom. The van der Waals surface area contributed by atoms with Crippen molar-refractivity contribution >= 4 is 5.91 Å². The zero-order valence-electron chi connectivity index (χ0n) is 11.2. The summed E-state index contributed by atoms with van der Waals surface area (Å²) in [6, 6.07) is 4.40. The van der Waals surface area contributed by atoms with Gasteiger partial charge in [0.1, 0.15) is 5.82 Å². The third-order valence-electron chi connectivity index (χ3n) is 2.59. The maximum absolute atomic E-state index is 13.2. The summed E-state index contributed by atoms with van der Waals surface area (Å²) in [6.07, 6.45) is 0. The van der Waals surface area contributed by atoms with Crippen LogP contribution in [0.3, 0.4) is 0 Å². The van der Waals surface area contributed by atoms with E-state index >= 15 is 0 Å². The number of hydrogen-bond donors (Lipinski definition) is 0. The summed E-state index contributed by atoms with van der Waals surface area (Å²) in [5, 5.41) is 0. The molecule has 0 unspecified atom stereocenters. The van der Waals surface area contributed by atoms with Gasteiger partial charge in [0.15, 0.2) is 0 Å². The van der Waals surface area contributed by atoms with E-state index in [2.05, 4.69) is 0 Å². The van der Waals surface area contributed by atoms with E-state index < -0.39 is 0 Å². The Bertz CT molecular complexity index is 381. The van der Waals surface area contributed by atoms with Crippen molar-refractivity contribution in [3.8, 4) is 0 Å². The minimum absolute atomic E-state index is 0.120. The van der Waals surface area contributed by atoms with E-state index in [-0.39, 0.29) is 11.7 Å². The molecule has 1 heterocycles. The zero-order chi connectivity index (χ0) is 13.5. The Morgan fingerprint density at radius 3 is 2.39 bits per heavy atom. The molecule has 1 aromatic rings. The largest absolute Gasteiger partial charge is 0.378 e. The first-order valence-corrected chi connectivity index (χ1v) is 6.31. The van der Waals surface area contributed by atoms with Crippen molar-refractivity contribution in [2.75, 3.05) is 26.3 Å². The van der Waals surface area contributed by atoms with E-state index in [1.807, 2.05) is 13.8 Å². The number of benzene rings is 1. The fourth-order valence-electron chi connectivity index (χ4n) is 1.81. The molecule has 4 heteroatoms. The molecule has 1 saturated heterocycles. The quantitative estimate of drug-likeness (QED) is 0.770. The van der Waals surface area contributed by atoms with Crippen molar-refractivity contribution in [1.29, 1.82) is 0 Å². The molecule has 0 saturated carbocycles. The molecule has 0 bridgehead atoms. The number of amides is 1. The zero-order valence-corrected chi connectivity index (χ0v) is 11.2. The number of ether oxygens (including phenoxy) is 1. The number of morpholine rings is 1. The van der Waals surface area contributed by atoms with Crippen molar-refractivity contribution in [2.45, 2.75) is 20.8 Å². The summed E-state index contributed by atoms with van der Waals surface area (Å²) < 4.78 is 18.3. The van der Waals surface area contributed by atoms with Crippen LogP contribution < -0.4 is 0 Å². The van der Waals surface area contributed by atoms with Crippen LogP contribution in [0.25, 0.3) is 0 Å². The first kappa shape index (κ1) is 14.6. The molecule has 18 heavy (non-hydrogen) atoms. The van der Waals surface area contributed by atoms with Gasteiger partial charge in [-0.15, -0.1) is 0 Å². The maximum Gasteiger partial charge on any atom is 0.254 e. The van der Waals surface area contributed by atoms with Crippen molar-refractivity contribution < 1.29 is 13.9 Å². The summed E-state index contributed by atoms with van der Waals surface area (Å²) in [5.74, 6) is -0.484. The van der Waals surface area contributed by atoms with Crippen LogP contribution in [0.4, 0.5) is 4.39 Å². The van der Waals surface area contributed by atoms with Crippen LogP contribution in [0.2, 0.25) is 0 Å². The van der Waals surface area contributed by atoms with E-state index in [1.165, 1.54) is 12.1 Å². The molecule has 1 aromatic carbocycles. The van der Waals surface area contributed by atoms with Crippen molar-refractivity contribution in [1.82, 2.24) is 4.90 Å². The second-order valence-corrected chi connectivity index (χ2v) is 3.92. The summed E-state index contributed by atoms with van der Waals surface area (Å²) in [6.45, 7) is 8.04. The van der Waals surface area contributed by atoms with E-state index in [4.69, 9.17) is 4.74 Å². The van der Waals surface area contributed by atoms with Gasteiger partial charge in [-0.25, -0.2) is 4.39 Å². The molecule has 0 atom stereocenters. The Kier molecular flexibility index (Phi) is 5.78. The van der Waals surface area contributed by atoms with Crippen LogP contribution in [0.15, 0.2) is 18.2 Å². The molecule has 0 aromatic heterocycles. The van der Waals surface area contributed by atoms with E-state index in [9.17, 15) is 9.18 Å². The molecule has 0 radical (unpaired) electrons. The van der Waals surface area contributed by atoms with Gasteiger partial charge in [0.05, 0.1) is 13.2 Å². The second-order valence-electron chi connectivity index (χ2n) is 3.92. The molecule has 2 rings (SSSR count). The molecule has 1 amide bonds. The average molecular weight is 253 g/mol. The lowest BCUT2D eigenvalue weighted by atomic mass is 10.1. The van der Waals surface area contributed by atoms with Gasteiger partial charge in [0, 0.05) is 18.7 Å². The van der Waals surface area contributed by atoms with Crippen LogP contribution in [0.5, 0.6) is 0 Å². The molecule has 0 N–H and O–H groups in total. The van der Waals surface area contributed by atoms with Gasteiger partial charge in [-0.05, 0) is 30.7 Å². The van der Waals surface area contributed by atoms with Crippen LogP contribution in [-0.4, -0.2) is 37.1 Å². The Hall–Kier alpha value is -1.42. The maximum atomic E-state index is 13.2. The smallest absolute Gasteiger partial charge is 0.254 e. The predicted octanol–water partition coefficient (Wildman–Crippen LogP) is 2.63. The molecular formula is C14H20FNO2.